The standard InChI is InChI=1S/C18H26BrN3O2.ClH/c1-12-6-7-13(19)11-15(12)22-16(23)8-10-21-17(24)14-5-3-4-9-18(14,2)20;/h6-7,11,14H,3-5,8-10,20H2,1-2H3,(H,21,24)(H,22,23);1H. The molecule has 140 valence electrons. The van der Waals surface area contributed by atoms with Gasteiger partial charge in [-0.15, -0.1) is 12.4 Å². The van der Waals surface area contributed by atoms with Crippen LogP contribution in [-0.4, -0.2) is 23.9 Å². The number of carbonyl (C=O) groups is 2. The first-order chi connectivity index (χ1) is 11.3. The molecule has 4 N–H and O–H groups in total. The number of benzene rings is 1. The minimum atomic E-state index is -0.446. The first-order valence-electron chi connectivity index (χ1n) is 8.42. The molecule has 2 rings (SSSR count). The summed E-state index contributed by atoms with van der Waals surface area (Å²) in [6, 6.07) is 5.74. The third-order valence-electron chi connectivity index (χ3n) is 4.70. The van der Waals surface area contributed by atoms with Crippen molar-refractivity contribution in [3.63, 3.8) is 0 Å². The molecule has 5 nitrogen and oxygen atoms in total. The third kappa shape index (κ3) is 6.28. The van der Waals surface area contributed by atoms with Gasteiger partial charge in [-0.3, -0.25) is 9.59 Å². The van der Waals surface area contributed by atoms with Gasteiger partial charge in [0, 0.05) is 28.7 Å². The molecule has 2 unspecified atom stereocenters. The summed E-state index contributed by atoms with van der Waals surface area (Å²) in [4.78, 5) is 24.4. The number of amides is 2. The van der Waals surface area contributed by atoms with Crippen molar-refractivity contribution >= 4 is 45.8 Å². The molecule has 0 aliphatic heterocycles. The molecule has 1 aromatic rings. The van der Waals surface area contributed by atoms with Gasteiger partial charge >= 0.3 is 0 Å². The molecule has 0 saturated heterocycles. The van der Waals surface area contributed by atoms with Crippen molar-refractivity contribution in [2.45, 2.75) is 51.5 Å². The lowest BCUT2D eigenvalue weighted by Gasteiger charge is -2.37. The first kappa shape index (κ1) is 21.9. The second kappa shape index (κ2) is 9.55. The van der Waals surface area contributed by atoms with Crippen LogP contribution in [0.5, 0.6) is 0 Å². The van der Waals surface area contributed by atoms with Crippen molar-refractivity contribution in [1.29, 1.82) is 0 Å². The van der Waals surface area contributed by atoms with Gasteiger partial charge in [-0.25, -0.2) is 0 Å². The Bertz CT molecular complexity index is 622. The number of halogens is 2. The fourth-order valence-corrected chi connectivity index (χ4v) is 3.51. The minimum Gasteiger partial charge on any atom is -0.355 e. The molecule has 1 saturated carbocycles. The van der Waals surface area contributed by atoms with Gasteiger partial charge in [0.25, 0.3) is 0 Å². The molecular formula is C18H27BrClN3O2. The minimum absolute atomic E-state index is 0. The van der Waals surface area contributed by atoms with Gasteiger partial charge < -0.3 is 16.4 Å². The summed E-state index contributed by atoms with van der Waals surface area (Å²) in [6.45, 7) is 4.21. The van der Waals surface area contributed by atoms with Gasteiger partial charge in [-0.05, 0) is 44.4 Å². The number of nitrogens with one attached hydrogen (secondary N) is 2. The van der Waals surface area contributed by atoms with Crippen molar-refractivity contribution in [3.05, 3.63) is 28.2 Å². The van der Waals surface area contributed by atoms with E-state index in [-0.39, 0.29) is 36.6 Å². The number of anilines is 1. The average Bonchev–Trinajstić information content (AvgIpc) is 2.50. The summed E-state index contributed by atoms with van der Waals surface area (Å²) < 4.78 is 0.913. The summed E-state index contributed by atoms with van der Waals surface area (Å²) in [5.74, 6) is -0.316. The van der Waals surface area contributed by atoms with Crippen LogP contribution in [0, 0.1) is 12.8 Å². The van der Waals surface area contributed by atoms with E-state index in [9.17, 15) is 9.59 Å². The topological polar surface area (TPSA) is 84.2 Å². The number of aryl methyl sites for hydroxylation is 1. The van der Waals surface area contributed by atoms with Gasteiger partial charge in [0.15, 0.2) is 0 Å². The second-order valence-corrected chi connectivity index (χ2v) is 7.77. The Kier molecular flexibility index (Phi) is 8.38. The van der Waals surface area contributed by atoms with E-state index in [1.54, 1.807) is 0 Å². The summed E-state index contributed by atoms with van der Waals surface area (Å²) in [5, 5.41) is 5.74. The molecule has 0 bridgehead atoms. The monoisotopic (exact) mass is 431 g/mol. The van der Waals surface area contributed by atoms with E-state index in [2.05, 4.69) is 26.6 Å². The predicted octanol–water partition coefficient (Wildman–Crippen LogP) is 3.53. The highest BCUT2D eigenvalue weighted by molar-refractivity contribution is 9.10. The quantitative estimate of drug-likeness (QED) is 0.665. The Balaban J connectivity index is 0.00000312. The molecule has 2 amide bonds. The molecule has 0 aromatic heterocycles. The maximum Gasteiger partial charge on any atom is 0.226 e. The number of rotatable bonds is 5. The number of nitrogens with two attached hydrogens (primary N) is 1. The molecule has 0 spiro atoms. The zero-order chi connectivity index (χ0) is 17.7. The fraction of sp³-hybridized carbons (Fsp3) is 0.556. The van der Waals surface area contributed by atoms with E-state index in [0.29, 0.717) is 6.54 Å². The van der Waals surface area contributed by atoms with Crippen LogP contribution in [0.25, 0.3) is 0 Å². The van der Waals surface area contributed by atoms with E-state index in [0.717, 1.165) is 41.4 Å². The molecule has 1 aromatic carbocycles. The van der Waals surface area contributed by atoms with Crippen LogP contribution in [0.1, 0.15) is 44.6 Å². The van der Waals surface area contributed by atoms with E-state index in [1.807, 2.05) is 32.0 Å². The van der Waals surface area contributed by atoms with Crippen LogP contribution >= 0.6 is 28.3 Å². The summed E-state index contributed by atoms with van der Waals surface area (Å²) >= 11 is 3.39. The fourth-order valence-electron chi connectivity index (χ4n) is 3.15. The highest BCUT2D eigenvalue weighted by Crippen LogP contribution is 2.31. The predicted molar refractivity (Wildman–Crippen MR) is 107 cm³/mol. The van der Waals surface area contributed by atoms with Crippen LogP contribution in [0.15, 0.2) is 22.7 Å². The maximum atomic E-state index is 12.3. The molecule has 25 heavy (non-hydrogen) atoms. The highest BCUT2D eigenvalue weighted by Gasteiger charge is 2.37. The number of hydrogen-bond acceptors (Lipinski definition) is 3. The Hall–Kier alpha value is -1.11. The molecule has 0 radical (unpaired) electrons. The molecule has 1 aliphatic rings. The number of carbonyl (C=O) groups excluding carboxylic acids is 2. The molecule has 1 aliphatic carbocycles. The Morgan fingerprint density at radius 2 is 2.08 bits per heavy atom. The Morgan fingerprint density at radius 1 is 1.36 bits per heavy atom. The first-order valence-corrected chi connectivity index (χ1v) is 9.21. The third-order valence-corrected chi connectivity index (χ3v) is 5.19. The molecule has 0 heterocycles. The van der Waals surface area contributed by atoms with E-state index in [1.165, 1.54) is 0 Å². The zero-order valence-corrected chi connectivity index (χ0v) is 17.1. The largest absolute Gasteiger partial charge is 0.355 e. The van der Waals surface area contributed by atoms with Gasteiger partial charge in [0.2, 0.25) is 11.8 Å². The normalized spacial score (nSPS) is 22.6. The van der Waals surface area contributed by atoms with E-state index < -0.39 is 5.54 Å². The van der Waals surface area contributed by atoms with Crippen molar-refractivity contribution in [1.82, 2.24) is 5.32 Å². The Morgan fingerprint density at radius 3 is 2.76 bits per heavy atom. The van der Waals surface area contributed by atoms with Gasteiger partial charge in [0.1, 0.15) is 0 Å². The van der Waals surface area contributed by atoms with Gasteiger partial charge in [0.05, 0.1) is 5.92 Å². The Labute approximate surface area is 164 Å². The summed E-state index contributed by atoms with van der Waals surface area (Å²) in [6.07, 6.45) is 4.04. The van der Waals surface area contributed by atoms with E-state index in [4.69, 9.17) is 5.73 Å². The maximum absolute atomic E-state index is 12.3. The molecule has 1 fully saturated rings. The lowest BCUT2D eigenvalue weighted by molar-refractivity contribution is -0.128. The average molecular weight is 433 g/mol. The second-order valence-electron chi connectivity index (χ2n) is 6.85. The SMILES string of the molecule is Cc1ccc(Br)cc1NC(=O)CCNC(=O)C1CCCCC1(C)N.Cl. The number of hydrogen-bond donors (Lipinski definition) is 3. The van der Waals surface area contributed by atoms with E-state index >= 15 is 0 Å². The van der Waals surface area contributed by atoms with Crippen LogP contribution < -0.4 is 16.4 Å². The van der Waals surface area contributed by atoms with Crippen molar-refractivity contribution in [2.24, 2.45) is 11.7 Å². The smallest absolute Gasteiger partial charge is 0.226 e. The van der Waals surface area contributed by atoms with Crippen molar-refractivity contribution < 1.29 is 9.59 Å². The van der Waals surface area contributed by atoms with Crippen molar-refractivity contribution in [3.8, 4) is 0 Å². The summed E-state index contributed by atoms with van der Waals surface area (Å²) in [5.41, 5.74) is 7.57. The van der Waals surface area contributed by atoms with Gasteiger partial charge in [-0.2, -0.15) is 0 Å². The summed E-state index contributed by atoms with van der Waals surface area (Å²) in [7, 11) is 0. The van der Waals surface area contributed by atoms with Crippen LogP contribution in [-0.2, 0) is 9.59 Å². The van der Waals surface area contributed by atoms with Crippen molar-refractivity contribution in [2.75, 3.05) is 11.9 Å². The van der Waals surface area contributed by atoms with Crippen LogP contribution in [0.4, 0.5) is 5.69 Å². The molecule has 7 heteroatoms. The van der Waals surface area contributed by atoms with Crippen LogP contribution in [0.2, 0.25) is 0 Å². The molecule has 2 atom stereocenters. The van der Waals surface area contributed by atoms with Crippen LogP contribution in [0.3, 0.4) is 0 Å². The molecular weight excluding hydrogens is 406 g/mol. The lowest BCUT2D eigenvalue weighted by Crippen LogP contribution is -2.53. The zero-order valence-electron chi connectivity index (χ0n) is 14.7. The highest BCUT2D eigenvalue weighted by atomic mass is 79.9. The lowest BCUT2D eigenvalue weighted by atomic mass is 9.74. The van der Waals surface area contributed by atoms with Gasteiger partial charge in [-0.1, -0.05) is 34.8 Å².